The Morgan fingerprint density at radius 1 is 0.708 bits per heavy atom. The van der Waals surface area contributed by atoms with Crippen molar-refractivity contribution in [2.75, 3.05) is 0 Å². The van der Waals surface area contributed by atoms with Gasteiger partial charge in [-0.3, -0.25) is 0 Å². The van der Waals surface area contributed by atoms with Gasteiger partial charge in [-0.1, -0.05) is 60.7 Å². The second-order valence-electron chi connectivity index (χ2n) is 6.56. The fourth-order valence-corrected chi connectivity index (χ4v) is 5.45. The summed E-state index contributed by atoms with van der Waals surface area (Å²) in [6.45, 7) is 3.20. The summed E-state index contributed by atoms with van der Waals surface area (Å²) in [6, 6.07) is 29.4. The molecule has 0 aliphatic carbocycles. The Morgan fingerprint density at radius 3 is 1.58 bits per heavy atom. The van der Waals surface area contributed by atoms with Gasteiger partial charge in [0.25, 0.3) is 0 Å². The zero-order chi connectivity index (χ0) is 17.0. The van der Waals surface area contributed by atoms with E-state index >= 15 is 0 Å². The number of alkyl halides is 1. The van der Waals surface area contributed by atoms with Crippen LogP contribution in [-0.4, -0.2) is 0 Å². The minimum absolute atomic E-state index is 0.736. The second-order valence-corrected chi connectivity index (χ2v) is 9.02. The van der Waals surface area contributed by atoms with Gasteiger partial charge in [0, 0.05) is 0 Å². The Morgan fingerprint density at radius 2 is 1.17 bits per heavy atom. The van der Waals surface area contributed by atoms with Crippen LogP contribution in [-0.2, 0) is 11.8 Å². The summed E-state index contributed by atoms with van der Waals surface area (Å²) in [4.78, 5) is 0. The molecule has 3 aromatic carbocycles. The number of rotatable bonds is 5. The lowest BCUT2D eigenvalue weighted by atomic mass is 9.99. The van der Waals surface area contributed by atoms with Gasteiger partial charge in [-0.05, 0) is 49.2 Å². The fraction of sp³-hybridized carbons (Fsp3) is 0.182. The molecule has 0 amide bonds. The van der Waals surface area contributed by atoms with Gasteiger partial charge >= 0.3 is 0 Å². The molecule has 0 bridgehead atoms. The molecule has 0 unspecified atom stereocenters. The predicted octanol–water partition coefficient (Wildman–Crippen LogP) is 5.26. The van der Waals surface area contributed by atoms with Gasteiger partial charge in [-0.25, -0.2) is 4.39 Å². The molecule has 2 heteroatoms. The minimum Gasteiger partial charge on any atom is -0.239 e. The quantitative estimate of drug-likeness (QED) is 0.557. The first-order valence-corrected chi connectivity index (χ1v) is 10.00. The minimum atomic E-state index is -1.29. The van der Waals surface area contributed by atoms with Crippen LogP contribution in [0.3, 0.4) is 0 Å². The fourth-order valence-electron chi connectivity index (χ4n) is 2.87. The topological polar surface area (TPSA) is 0 Å². The molecule has 0 atom stereocenters. The molecule has 0 aliphatic rings. The molecule has 3 rings (SSSR count). The lowest BCUT2D eigenvalue weighted by Gasteiger charge is -2.15. The van der Waals surface area contributed by atoms with E-state index < -0.39 is 13.6 Å². The molecule has 0 aliphatic heterocycles. The first-order valence-electron chi connectivity index (χ1n) is 8.29. The summed E-state index contributed by atoms with van der Waals surface area (Å²) in [6.07, 6.45) is 1.01. The van der Waals surface area contributed by atoms with E-state index in [2.05, 4.69) is 72.8 Å². The van der Waals surface area contributed by atoms with E-state index in [0.717, 1.165) is 11.7 Å². The first kappa shape index (κ1) is 16.9. The predicted molar refractivity (Wildman–Crippen MR) is 105 cm³/mol. The Balaban J connectivity index is 1.90. The van der Waals surface area contributed by atoms with Gasteiger partial charge in [0.1, 0.15) is 5.67 Å². The number of halogens is 1. The van der Waals surface area contributed by atoms with Crippen LogP contribution < -0.4 is 10.6 Å². The van der Waals surface area contributed by atoms with Crippen LogP contribution in [0.2, 0.25) is 0 Å². The van der Waals surface area contributed by atoms with Crippen molar-refractivity contribution in [2.45, 2.75) is 25.7 Å². The molecule has 0 nitrogen and oxygen atoms in total. The van der Waals surface area contributed by atoms with Crippen molar-refractivity contribution in [1.29, 1.82) is 0 Å². The van der Waals surface area contributed by atoms with Gasteiger partial charge in [0.2, 0.25) is 0 Å². The molecule has 0 fully saturated rings. The molecule has 122 valence electrons. The highest BCUT2D eigenvalue weighted by atomic mass is 31.1. The average Bonchev–Trinajstić information content (AvgIpc) is 2.61. The van der Waals surface area contributed by atoms with E-state index in [0.29, 0.717) is 0 Å². The summed E-state index contributed by atoms with van der Waals surface area (Å²) in [7, 11) is -0.894. The molecule has 0 N–H and O–H groups in total. The maximum Gasteiger partial charge on any atom is 0.130 e. The van der Waals surface area contributed by atoms with E-state index in [9.17, 15) is 4.39 Å². The highest BCUT2D eigenvalue weighted by Crippen LogP contribution is 2.38. The Hall–Kier alpha value is -1.98. The Bertz CT molecular complexity index is 719. The average molecular weight is 337 g/mol. The Labute approximate surface area is 145 Å². The van der Waals surface area contributed by atoms with Gasteiger partial charge in [-0.2, -0.15) is 0 Å². The summed E-state index contributed by atoms with van der Waals surface area (Å²) < 4.78 is 14.1. The van der Waals surface area contributed by atoms with Crippen LogP contribution in [0.4, 0.5) is 4.39 Å². The smallest absolute Gasteiger partial charge is 0.130 e. The molecule has 3 aromatic rings. The van der Waals surface area contributed by atoms with Crippen LogP contribution in [0.1, 0.15) is 25.0 Å². The van der Waals surface area contributed by atoms with E-state index in [-0.39, 0.29) is 0 Å². The lowest BCUT2D eigenvalue weighted by molar-refractivity contribution is 0.221. The van der Waals surface area contributed by atoms with Crippen LogP contribution in [0.5, 0.6) is 0 Å². The standard InChI is InChI=1S/C22H22FP/c1-22(2,23)19-15-13-18(14-16-19)17-24(20-9-5-3-6-10-20)21-11-7-4-8-12-21/h3-16H,17H2,1-2H3/p+1. The van der Waals surface area contributed by atoms with Crippen molar-refractivity contribution >= 4 is 18.5 Å². The molecule has 0 saturated heterocycles. The summed E-state index contributed by atoms with van der Waals surface area (Å²) in [5.41, 5.74) is 0.717. The number of hydrogen-bond donors (Lipinski definition) is 0. The van der Waals surface area contributed by atoms with Gasteiger partial charge < -0.3 is 0 Å². The normalized spacial score (nSPS) is 11.7. The molecular formula is C22H23FP+. The highest BCUT2D eigenvalue weighted by molar-refractivity contribution is 7.72. The molecule has 0 radical (unpaired) electrons. The SMILES string of the molecule is CC(C)(F)c1ccc(C[PH+](c2ccccc2)c2ccccc2)cc1. The molecular weight excluding hydrogens is 314 g/mol. The van der Waals surface area contributed by atoms with Crippen LogP contribution >= 0.6 is 7.92 Å². The van der Waals surface area contributed by atoms with Crippen LogP contribution in [0, 0.1) is 0 Å². The zero-order valence-electron chi connectivity index (χ0n) is 14.2. The second kappa shape index (κ2) is 7.28. The van der Waals surface area contributed by atoms with E-state index in [1.54, 1.807) is 13.8 Å². The Kier molecular flexibility index (Phi) is 5.11. The van der Waals surface area contributed by atoms with Crippen LogP contribution in [0.15, 0.2) is 84.9 Å². The van der Waals surface area contributed by atoms with Gasteiger partial charge in [-0.15, -0.1) is 0 Å². The van der Waals surface area contributed by atoms with Crippen molar-refractivity contribution in [3.63, 3.8) is 0 Å². The van der Waals surface area contributed by atoms with E-state index in [1.165, 1.54) is 16.2 Å². The zero-order valence-corrected chi connectivity index (χ0v) is 15.2. The van der Waals surface area contributed by atoms with Crippen molar-refractivity contribution < 1.29 is 4.39 Å². The van der Waals surface area contributed by atoms with Crippen molar-refractivity contribution in [3.8, 4) is 0 Å². The summed E-state index contributed by atoms with van der Waals surface area (Å²) >= 11 is 0. The third-order valence-electron chi connectivity index (χ3n) is 4.27. The maximum atomic E-state index is 14.1. The van der Waals surface area contributed by atoms with Crippen molar-refractivity contribution in [1.82, 2.24) is 0 Å². The third kappa shape index (κ3) is 4.10. The molecule has 0 aromatic heterocycles. The van der Waals surface area contributed by atoms with Crippen molar-refractivity contribution in [2.24, 2.45) is 0 Å². The van der Waals surface area contributed by atoms with Gasteiger partial charge in [0.15, 0.2) is 0 Å². The third-order valence-corrected chi connectivity index (χ3v) is 7.09. The van der Waals surface area contributed by atoms with Crippen LogP contribution in [0.25, 0.3) is 0 Å². The molecule has 0 heterocycles. The van der Waals surface area contributed by atoms with Gasteiger partial charge in [0.05, 0.1) is 24.7 Å². The highest BCUT2D eigenvalue weighted by Gasteiger charge is 2.23. The monoisotopic (exact) mass is 337 g/mol. The summed E-state index contributed by atoms with van der Waals surface area (Å²) in [5.74, 6) is 0. The molecule has 0 spiro atoms. The number of hydrogen-bond acceptors (Lipinski definition) is 0. The summed E-state index contributed by atoms with van der Waals surface area (Å²) in [5, 5.41) is 2.81. The number of benzene rings is 3. The lowest BCUT2D eigenvalue weighted by Crippen LogP contribution is -2.13. The van der Waals surface area contributed by atoms with E-state index in [1.807, 2.05) is 12.1 Å². The maximum absolute atomic E-state index is 14.1. The largest absolute Gasteiger partial charge is 0.239 e. The molecule has 0 saturated carbocycles. The van der Waals surface area contributed by atoms with Crippen molar-refractivity contribution in [3.05, 3.63) is 96.1 Å². The molecule has 24 heavy (non-hydrogen) atoms. The van der Waals surface area contributed by atoms with E-state index in [4.69, 9.17) is 0 Å². The first-order chi connectivity index (χ1) is 11.5.